The quantitative estimate of drug-likeness (QED) is 0.713. The van der Waals surface area contributed by atoms with Crippen LogP contribution in [0.5, 0.6) is 5.75 Å². The maximum Gasteiger partial charge on any atom is 0.573 e. The summed E-state index contributed by atoms with van der Waals surface area (Å²) < 4.78 is 50.2. The SMILES string of the molecule is O=C(CCc1nc(-c2ccco2)no1)Nc1ccc(OC(F)(F)F)cc1. The number of furan rings is 1. The molecular weight excluding hydrogens is 355 g/mol. The average molecular weight is 367 g/mol. The van der Waals surface area contributed by atoms with Gasteiger partial charge >= 0.3 is 6.36 Å². The van der Waals surface area contributed by atoms with Crippen LogP contribution in [-0.2, 0) is 11.2 Å². The average Bonchev–Trinajstić information content (AvgIpc) is 3.24. The third-order valence-electron chi connectivity index (χ3n) is 3.15. The van der Waals surface area contributed by atoms with Crippen molar-refractivity contribution in [2.75, 3.05) is 5.32 Å². The van der Waals surface area contributed by atoms with Gasteiger partial charge in [-0.15, -0.1) is 13.2 Å². The van der Waals surface area contributed by atoms with E-state index >= 15 is 0 Å². The molecule has 0 fully saturated rings. The van der Waals surface area contributed by atoms with Crippen LogP contribution in [0.1, 0.15) is 12.3 Å². The number of amides is 1. The van der Waals surface area contributed by atoms with Crippen LogP contribution in [0.15, 0.2) is 51.6 Å². The molecule has 2 aromatic heterocycles. The Morgan fingerprint density at radius 1 is 1.19 bits per heavy atom. The van der Waals surface area contributed by atoms with E-state index in [9.17, 15) is 18.0 Å². The van der Waals surface area contributed by atoms with E-state index in [2.05, 4.69) is 20.2 Å². The number of carbonyl (C=O) groups is 1. The van der Waals surface area contributed by atoms with E-state index in [0.29, 0.717) is 11.4 Å². The first-order valence-corrected chi connectivity index (χ1v) is 7.41. The third-order valence-corrected chi connectivity index (χ3v) is 3.15. The highest BCUT2D eigenvalue weighted by molar-refractivity contribution is 5.90. The van der Waals surface area contributed by atoms with Crippen LogP contribution >= 0.6 is 0 Å². The monoisotopic (exact) mass is 367 g/mol. The summed E-state index contributed by atoms with van der Waals surface area (Å²) in [5.74, 6) is 0.274. The predicted octanol–water partition coefficient (Wildman–Crippen LogP) is 3.80. The first-order chi connectivity index (χ1) is 12.4. The molecule has 0 atom stereocenters. The number of halogens is 3. The second kappa shape index (κ2) is 7.30. The van der Waals surface area contributed by atoms with Crippen molar-refractivity contribution in [2.24, 2.45) is 0 Å². The molecule has 26 heavy (non-hydrogen) atoms. The van der Waals surface area contributed by atoms with Gasteiger partial charge < -0.3 is 19.0 Å². The van der Waals surface area contributed by atoms with Crippen molar-refractivity contribution in [1.82, 2.24) is 10.1 Å². The van der Waals surface area contributed by atoms with Crippen molar-refractivity contribution in [3.05, 3.63) is 48.6 Å². The first kappa shape index (κ1) is 17.5. The fraction of sp³-hybridized carbons (Fsp3) is 0.188. The Morgan fingerprint density at radius 3 is 2.62 bits per heavy atom. The van der Waals surface area contributed by atoms with Gasteiger partial charge in [0.15, 0.2) is 5.76 Å². The molecule has 0 spiro atoms. The summed E-state index contributed by atoms with van der Waals surface area (Å²) in [7, 11) is 0. The summed E-state index contributed by atoms with van der Waals surface area (Å²) in [6.45, 7) is 0. The van der Waals surface area contributed by atoms with Crippen LogP contribution in [0, 0.1) is 0 Å². The Hall–Kier alpha value is -3.30. The minimum absolute atomic E-state index is 0.0561. The number of benzene rings is 1. The fourth-order valence-electron chi connectivity index (χ4n) is 2.05. The number of nitrogens with one attached hydrogen (secondary N) is 1. The van der Waals surface area contributed by atoms with E-state index in [4.69, 9.17) is 8.94 Å². The van der Waals surface area contributed by atoms with E-state index in [1.165, 1.54) is 18.4 Å². The van der Waals surface area contributed by atoms with Gasteiger partial charge in [-0.1, -0.05) is 5.16 Å². The molecule has 1 amide bonds. The number of aromatic nitrogens is 2. The van der Waals surface area contributed by atoms with E-state index in [1.54, 1.807) is 12.1 Å². The van der Waals surface area contributed by atoms with Gasteiger partial charge in [0.1, 0.15) is 5.75 Å². The molecule has 3 rings (SSSR count). The topological polar surface area (TPSA) is 90.4 Å². The molecule has 1 N–H and O–H groups in total. The van der Waals surface area contributed by atoms with Gasteiger partial charge in [0.25, 0.3) is 0 Å². The standard InChI is InChI=1S/C16H12F3N3O4/c17-16(18,19)25-11-5-3-10(4-6-11)20-13(23)7-8-14-21-15(22-26-14)12-2-1-9-24-12/h1-6,9H,7-8H2,(H,20,23). The highest BCUT2D eigenvalue weighted by Crippen LogP contribution is 2.24. The smallest absolute Gasteiger partial charge is 0.461 e. The van der Waals surface area contributed by atoms with Crippen LogP contribution in [-0.4, -0.2) is 22.4 Å². The van der Waals surface area contributed by atoms with E-state index < -0.39 is 6.36 Å². The number of hydrogen-bond acceptors (Lipinski definition) is 6. The van der Waals surface area contributed by atoms with Gasteiger partial charge in [0.2, 0.25) is 17.6 Å². The number of hydrogen-bond donors (Lipinski definition) is 1. The molecule has 10 heteroatoms. The van der Waals surface area contributed by atoms with Crippen LogP contribution in [0.3, 0.4) is 0 Å². The largest absolute Gasteiger partial charge is 0.573 e. The maximum absolute atomic E-state index is 12.1. The Kier molecular flexibility index (Phi) is 4.92. The second-order valence-electron chi connectivity index (χ2n) is 5.11. The molecule has 0 bridgehead atoms. The van der Waals surface area contributed by atoms with Crippen LogP contribution in [0.25, 0.3) is 11.6 Å². The summed E-state index contributed by atoms with van der Waals surface area (Å²) in [6, 6.07) is 8.19. The molecule has 136 valence electrons. The van der Waals surface area contributed by atoms with Gasteiger partial charge in [-0.3, -0.25) is 4.79 Å². The Bertz CT molecular complexity index is 858. The molecule has 0 aliphatic carbocycles. The van der Waals surface area contributed by atoms with Gasteiger partial charge in [-0.2, -0.15) is 4.98 Å². The lowest BCUT2D eigenvalue weighted by Crippen LogP contribution is -2.17. The first-order valence-electron chi connectivity index (χ1n) is 7.41. The predicted molar refractivity (Wildman–Crippen MR) is 82.1 cm³/mol. The lowest BCUT2D eigenvalue weighted by Gasteiger charge is -2.09. The van der Waals surface area contributed by atoms with Crippen molar-refractivity contribution in [3.63, 3.8) is 0 Å². The lowest BCUT2D eigenvalue weighted by atomic mass is 10.2. The number of nitrogens with zero attached hydrogens (tertiary/aromatic N) is 2. The lowest BCUT2D eigenvalue weighted by molar-refractivity contribution is -0.274. The van der Waals surface area contributed by atoms with Crippen molar-refractivity contribution < 1.29 is 31.6 Å². The second-order valence-corrected chi connectivity index (χ2v) is 5.11. The summed E-state index contributed by atoms with van der Waals surface area (Å²) in [6.07, 6.45) is -3.03. The molecule has 7 nitrogen and oxygen atoms in total. The molecule has 0 radical (unpaired) electrons. The van der Waals surface area contributed by atoms with Crippen molar-refractivity contribution in [2.45, 2.75) is 19.2 Å². The maximum atomic E-state index is 12.1. The minimum Gasteiger partial charge on any atom is -0.461 e. The zero-order valence-electron chi connectivity index (χ0n) is 13.1. The number of ether oxygens (including phenoxy) is 1. The summed E-state index contributed by atoms with van der Waals surface area (Å²) in [5.41, 5.74) is 0.339. The van der Waals surface area contributed by atoms with Crippen LogP contribution < -0.4 is 10.1 Å². The molecule has 0 aliphatic rings. The third kappa shape index (κ3) is 4.85. The molecule has 0 unspecified atom stereocenters. The number of anilines is 1. The van der Waals surface area contributed by atoms with Gasteiger partial charge in [-0.25, -0.2) is 0 Å². The normalized spacial score (nSPS) is 11.3. The Labute approximate surface area is 144 Å². The Balaban J connectivity index is 1.50. The van der Waals surface area contributed by atoms with Gasteiger partial charge in [0.05, 0.1) is 6.26 Å². The van der Waals surface area contributed by atoms with Gasteiger partial charge in [-0.05, 0) is 36.4 Å². The fourth-order valence-corrected chi connectivity index (χ4v) is 2.05. The zero-order chi connectivity index (χ0) is 18.6. The summed E-state index contributed by atoms with van der Waals surface area (Å²) in [4.78, 5) is 16.0. The minimum atomic E-state index is -4.76. The van der Waals surface area contributed by atoms with E-state index in [1.807, 2.05) is 0 Å². The van der Waals surface area contributed by atoms with E-state index in [-0.39, 0.29) is 36.2 Å². The zero-order valence-corrected chi connectivity index (χ0v) is 13.1. The highest BCUT2D eigenvalue weighted by Gasteiger charge is 2.30. The molecule has 0 aliphatic heterocycles. The molecule has 2 heterocycles. The number of aryl methyl sites for hydroxylation is 1. The van der Waals surface area contributed by atoms with Crippen molar-refractivity contribution in [1.29, 1.82) is 0 Å². The van der Waals surface area contributed by atoms with Crippen molar-refractivity contribution in [3.8, 4) is 17.3 Å². The number of carbonyl (C=O) groups excluding carboxylic acids is 1. The molecular formula is C16H12F3N3O4. The Morgan fingerprint density at radius 2 is 1.96 bits per heavy atom. The number of rotatable bonds is 6. The number of alkyl halides is 3. The highest BCUT2D eigenvalue weighted by atomic mass is 19.4. The molecule has 0 saturated carbocycles. The van der Waals surface area contributed by atoms with E-state index in [0.717, 1.165) is 12.1 Å². The van der Waals surface area contributed by atoms with Crippen LogP contribution in [0.2, 0.25) is 0 Å². The van der Waals surface area contributed by atoms with Crippen molar-refractivity contribution >= 4 is 11.6 Å². The van der Waals surface area contributed by atoms with Gasteiger partial charge in [0, 0.05) is 18.5 Å². The van der Waals surface area contributed by atoms with Crippen LogP contribution in [0.4, 0.5) is 18.9 Å². The molecule has 0 saturated heterocycles. The summed E-state index contributed by atoms with van der Waals surface area (Å²) >= 11 is 0. The molecule has 1 aromatic carbocycles. The summed E-state index contributed by atoms with van der Waals surface area (Å²) in [5, 5.41) is 6.29. The molecule has 3 aromatic rings.